The van der Waals surface area contributed by atoms with Crippen LogP contribution < -0.4 is 4.74 Å². The molecule has 6 unspecified atom stereocenters. The molecule has 6 N–H and O–H groups in total. The number of ketones is 2. The van der Waals surface area contributed by atoms with Gasteiger partial charge in [-0.15, -0.1) is 0 Å². The topological polar surface area (TPSA) is 183 Å². The van der Waals surface area contributed by atoms with Gasteiger partial charge in [0.05, 0.1) is 29.9 Å². The molecule has 0 radical (unpaired) electrons. The Morgan fingerprint density at radius 1 is 1.09 bits per heavy atom. The van der Waals surface area contributed by atoms with E-state index in [4.69, 9.17) is 9.47 Å². The van der Waals surface area contributed by atoms with Crippen LogP contribution >= 0.6 is 0 Å². The second kappa shape index (κ2) is 10.7. The predicted molar refractivity (Wildman–Crippen MR) is 134 cm³/mol. The molecule has 0 saturated carbocycles. The maximum absolute atomic E-state index is 15.0. The van der Waals surface area contributed by atoms with Gasteiger partial charge in [0.15, 0.2) is 18.6 Å². The summed E-state index contributed by atoms with van der Waals surface area (Å²) in [6, 6.07) is 4.27. The quantitative estimate of drug-likeness (QED) is 0.213. The number of aliphatic hydroxyl groups excluding tert-OH is 3. The van der Waals surface area contributed by atoms with Crippen LogP contribution in [0.3, 0.4) is 0 Å². The standard InChI is InChI=1S/C28H28F4O11/c1-9(33)6-27(40)7-11-15(13(8-27)42-26-18(29)23(38)24(39)25(43-26)28(30,31)32)22(37)17-16(20(11)35)19(34)10-4-3-5-12(41-2)14(10)21(17)36/h3-5,13,18-19,23-26,34-35,37-40H,6-8H2,1-2H3/t13-,18?,19?,23?,24?,25?,26?,27-/m0/s1. The van der Waals surface area contributed by atoms with Crippen LogP contribution in [0.1, 0.15) is 70.1 Å². The first-order valence-corrected chi connectivity index (χ1v) is 13.1. The van der Waals surface area contributed by atoms with Crippen LogP contribution in [0.4, 0.5) is 17.6 Å². The van der Waals surface area contributed by atoms with Crippen molar-refractivity contribution >= 4 is 11.6 Å². The van der Waals surface area contributed by atoms with E-state index in [1.165, 1.54) is 25.3 Å². The van der Waals surface area contributed by atoms with Gasteiger partial charge < -0.3 is 44.8 Å². The molecule has 1 saturated heterocycles. The number of aromatic hydroxyl groups is 2. The van der Waals surface area contributed by atoms with Gasteiger partial charge in [-0.25, -0.2) is 4.39 Å². The van der Waals surface area contributed by atoms with Gasteiger partial charge in [-0.05, 0) is 13.0 Å². The van der Waals surface area contributed by atoms with Crippen molar-refractivity contribution in [2.45, 2.75) is 80.9 Å². The lowest BCUT2D eigenvalue weighted by molar-refractivity contribution is -0.354. The monoisotopic (exact) mass is 616 g/mol. The number of benzene rings is 2. The van der Waals surface area contributed by atoms with Crippen LogP contribution in [0, 0.1) is 0 Å². The van der Waals surface area contributed by atoms with Crippen LogP contribution in [0.25, 0.3) is 0 Å². The van der Waals surface area contributed by atoms with Gasteiger partial charge >= 0.3 is 6.18 Å². The van der Waals surface area contributed by atoms with Crippen molar-refractivity contribution in [3.05, 3.63) is 51.6 Å². The SMILES string of the molecule is COc1cccc2c1C(=O)c1c(O)c3c(c(O)c1C2O)C[C@@](O)(CC(C)=O)C[C@@H]3OC1OC(C(F)(F)F)C(O)C(O)C1F. The van der Waals surface area contributed by atoms with Gasteiger partial charge in [0.25, 0.3) is 0 Å². The number of rotatable bonds is 5. The van der Waals surface area contributed by atoms with Gasteiger partial charge in [0.2, 0.25) is 5.78 Å². The molecule has 234 valence electrons. The average molecular weight is 617 g/mol. The van der Waals surface area contributed by atoms with Crippen LogP contribution in [0.5, 0.6) is 17.2 Å². The van der Waals surface area contributed by atoms with Gasteiger partial charge in [-0.1, -0.05) is 12.1 Å². The number of phenolic OH excluding ortho intramolecular Hbond substituents is 2. The fourth-order valence-electron chi connectivity index (χ4n) is 6.24. The minimum atomic E-state index is -5.27. The molecule has 0 bridgehead atoms. The number of hydrogen-bond donors (Lipinski definition) is 6. The molecular formula is C28H28F4O11. The van der Waals surface area contributed by atoms with E-state index < -0.39 is 114 Å². The zero-order chi connectivity index (χ0) is 31.8. The van der Waals surface area contributed by atoms with Crippen molar-refractivity contribution in [1.82, 2.24) is 0 Å². The molecule has 1 aliphatic heterocycles. The summed E-state index contributed by atoms with van der Waals surface area (Å²) in [5, 5.41) is 65.2. The van der Waals surface area contributed by atoms with Crippen molar-refractivity contribution < 1.29 is 72.0 Å². The highest BCUT2D eigenvalue weighted by molar-refractivity contribution is 6.16. The van der Waals surface area contributed by atoms with Gasteiger partial charge in [-0.2, -0.15) is 13.2 Å². The van der Waals surface area contributed by atoms with E-state index in [1.807, 2.05) is 0 Å². The molecular weight excluding hydrogens is 588 g/mol. The molecule has 1 fully saturated rings. The van der Waals surface area contributed by atoms with Crippen molar-refractivity contribution in [3.63, 3.8) is 0 Å². The van der Waals surface area contributed by atoms with E-state index in [9.17, 15) is 53.4 Å². The van der Waals surface area contributed by atoms with E-state index in [0.717, 1.165) is 6.92 Å². The highest BCUT2D eigenvalue weighted by Gasteiger charge is 2.57. The fraction of sp³-hybridized carbons (Fsp3) is 0.500. The Balaban J connectivity index is 1.67. The molecule has 3 aliphatic rings. The normalized spacial score (nSPS) is 32.0. The summed E-state index contributed by atoms with van der Waals surface area (Å²) in [6.07, 6.45) is -24.2. The number of carbonyl (C=O) groups excluding carboxylic acids is 2. The largest absolute Gasteiger partial charge is 0.507 e. The van der Waals surface area contributed by atoms with E-state index in [-0.39, 0.29) is 22.4 Å². The molecule has 8 atom stereocenters. The number of alkyl halides is 4. The summed E-state index contributed by atoms with van der Waals surface area (Å²) in [5.74, 6) is -3.10. The maximum Gasteiger partial charge on any atom is 0.417 e. The first-order valence-electron chi connectivity index (χ1n) is 13.1. The highest BCUT2D eigenvalue weighted by Crippen LogP contribution is 2.55. The minimum Gasteiger partial charge on any atom is -0.507 e. The number of hydrogen-bond acceptors (Lipinski definition) is 11. The summed E-state index contributed by atoms with van der Waals surface area (Å²) in [6.45, 7) is 1.13. The molecule has 0 amide bonds. The molecule has 2 aliphatic carbocycles. The Labute approximate surface area is 240 Å². The third-order valence-electron chi connectivity index (χ3n) is 8.05. The molecule has 11 nitrogen and oxygen atoms in total. The number of Topliss-reactive ketones (excluding diaryl/α,β-unsaturated/α-hetero) is 1. The van der Waals surface area contributed by atoms with Crippen molar-refractivity contribution in [2.75, 3.05) is 7.11 Å². The Bertz CT molecular complexity index is 1480. The molecule has 2 aromatic rings. The lowest BCUT2D eigenvalue weighted by atomic mass is 9.71. The molecule has 15 heteroatoms. The number of phenols is 2. The summed E-state index contributed by atoms with van der Waals surface area (Å²) in [7, 11) is 1.26. The molecule has 43 heavy (non-hydrogen) atoms. The first-order chi connectivity index (χ1) is 20.0. The second-order valence-electron chi connectivity index (χ2n) is 11.0. The van der Waals surface area contributed by atoms with Crippen LogP contribution in [-0.2, 0) is 20.7 Å². The first kappa shape index (κ1) is 31.1. The third kappa shape index (κ3) is 5.03. The van der Waals surface area contributed by atoms with Crippen molar-refractivity contribution in [3.8, 4) is 17.2 Å². The number of fused-ring (bicyclic) bond motifs is 3. The number of carbonyl (C=O) groups is 2. The number of aliphatic hydroxyl groups is 4. The molecule has 0 spiro atoms. The lowest BCUT2D eigenvalue weighted by Gasteiger charge is -2.44. The minimum absolute atomic E-state index is 0.0223. The second-order valence-corrected chi connectivity index (χ2v) is 11.0. The van der Waals surface area contributed by atoms with Crippen LogP contribution in [0.15, 0.2) is 18.2 Å². The summed E-state index contributed by atoms with van der Waals surface area (Å²) >= 11 is 0. The maximum atomic E-state index is 15.0. The van der Waals surface area contributed by atoms with Crippen LogP contribution in [0.2, 0.25) is 0 Å². The lowest BCUT2D eigenvalue weighted by Crippen LogP contribution is -2.61. The van der Waals surface area contributed by atoms with E-state index in [1.54, 1.807) is 0 Å². The summed E-state index contributed by atoms with van der Waals surface area (Å²) < 4.78 is 71.0. The van der Waals surface area contributed by atoms with Gasteiger partial charge in [0, 0.05) is 41.5 Å². The number of halogens is 4. The van der Waals surface area contributed by atoms with Gasteiger partial charge in [-0.3, -0.25) is 9.59 Å². The van der Waals surface area contributed by atoms with E-state index >= 15 is 4.39 Å². The fourth-order valence-corrected chi connectivity index (χ4v) is 6.24. The zero-order valence-corrected chi connectivity index (χ0v) is 22.6. The Hall–Kier alpha value is -3.34. The Morgan fingerprint density at radius 2 is 1.77 bits per heavy atom. The molecule has 2 aromatic carbocycles. The molecule has 5 rings (SSSR count). The van der Waals surface area contributed by atoms with Crippen molar-refractivity contribution in [1.29, 1.82) is 0 Å². The Kier molecular flexibility index (Phi) is 7.72. The van der Waals surface area contributed by atoms with Crippen LogP contribution in [-0.4, -0.2) is 91.9 Å². The molecule has 0 aromatic heterocycles. The summed E-state index contributed by atoms with van der Waals surface area (Å²) in [5.41, 5.74) is -4.00. The average Bonchev–Trinajstić information content (AvgIpc) is 2.91. The zero-order valence-electron chi connectivity index (χ0n) is 22.6. The van der Waals surface area contributed by atoms with Crippen molar-refractivity contribution in [2.24, 2.45) is 0 Å². The van der Waals surface area contributed by atoms with E-state index in [0.29, 0.717) is 0 Å². The number of methoxy groups -OCH3 is 1. The third-order valence-corrected chi connectivity index (χ3v) is 8.05. The molecule has 1 heterocycles. The Morgan fingerprint density at radius 3 is 2.37 bits per heavy atom. The predicted octanol–water partition coefficient (Wildman–Crippen LogP) is 1.79. The summed E-state index contributed by atoms with van der Waals surface area (Å²) in [4.78, 5) is 25.7. The van der Waals surface area contributed by atoms with Gasteiger partial charge in [0.1, 0.15) is 41.3 Å². The highest BCUT2D eigenvalue weighted by atomic mass is 19.4. The smallest absolute Gasteiger partial charge is 0.417 e. The van der Waals surface area contributed by atoms with E-state index in [2.05, 4.69) is 4.74 Å². The number of ether oxygens (including phenoxy) is 3.